The first-order valence-corrected chi connectivity index (χ1v) is 7.10. The Hall–Kier alpha value is -3.21. The van der Waals surface area contributed by atoms with Crippen LogP contribution in [0.1, 0.15) is 12.8 Å². The summed E-state index contributed by atoms with van der Waals surface area (Å²) in [5, 5.41) is 22.9. The van der Waals surface area contributed by atoms with Crippen LogP contribution in [0.3, 0.4) is 0 Å². The van der Waals surface area contributed by atoms with Gasteiger partial charge in [0.15, 0.2) is 0 Å². The van der Waals surface area contributed by atoms with Crippen LogP contribution in [-0.2, 0) is 9.59 Å². The van der Waals surface area contributed by atoms with Crippen LogP contribution in [0.2, 0.25) is 0 Å². The van der Waals surface area contributed by atoms with E-state index in [-0.39, 0.29) is 25.0 Å². The number of rotatable bonds is 9. The smallest absolute Gasteiger partial charge is 0.303 e. The van der Waals surface area contributed by atoms with Gasteiger partial charge in [-0.2, -0.15) is 5.26 Å². The lowest BCUT2D eigenvalue weighted by Crippen LogP contribution is -2.26. The molecule has 0 aliphatic rings. The number of methoxy groups -OCH3 is 2. The minimum Gasteiger partial charge on any atom is -0.497 e. The summed E-state index contributed by atoms with van der Waals surface area (Å²) in [4.78, 5) is 22.3. The van der Waals surface area contributed by atoms with Crippen LogP contribution in [-0.4, -0.2) is 37.7 Å². The average Bonchev–Trinajstić information content (AvgIpc) is 2.58. The van der Waals surface area contributed by atoms with E-state index in [1.807, 2.05) is 0 Å². The molecule has 8 heteroatoms. The fraction of sp³-hybridized carbons (Fsp3) is 0.312. The largest absolute Gasteiger partial charge is 0.497 e. The lowest BCUT2D eigenvalue weighted by molar-refractivity contribution is -0.137. The lowest BCUT2D eigenvalue weighted by Gasteiger charge is -2.10. The molecule has 0 spiro atoms. The van der Waals surface area contributed by atoms with Crippen molar-refractivity contribution in [1.29, 1.82) is 5.26 Å². The fourth-order valence-electron chi connectivity index (χ4n) is 1.76. The Kier molecular flexibility index (Phi) is 7.64. The average molecular weight is 333 g/mol. The number of carbonyl (C=O) groups is 2. The Balaban J connectivity index is 2.73. The van der Waals surface area contributed by atoms with E-state index in [1.54, 1.807) is 24.3 Å². The van der Waals surface area contributed by atoms with E-state index in [1.165, 1.54) is 20.4 Å². The standard InChI is InChI=1S/C16H19N3O5/c1-23-12-5-6-14(24-2)13(8-12)19-10-11(9-17)16(22)18-7-3-4-15(20)21/h5-6,8,10,19H,3-4,7H2,1-2H3,(H,18,22)(H,20,21)/b11-10-. The maximum absolute atomic E-state index is 11.9. The number of carboxylic acids is 1. The van der Waals surface area contributed by atoms with Gasteiger partial charge in [-0.05, 0) is 18.6 Å². The SMILES string of the molecule is COc1ccc(OC)c(N/C=C(/C#N)C(=O)NCCCC(=O)O)c1. The molecular weight excluding hydrogens is 314 g/mol. The Morgan fingerprint density at radius 1 is 1.33 bits per heavy atom. The highest BCUT2D eigenvalue weighted by atomic mass is 16.5. The first-order valence-electron chi connectivity index (χ1n) is 7.10. The van der Waals surface area contributed by atoms with Gasteiger partial charge < -0.3 is 25.2 Å². The maximum Gasteiger partial charge on any atom is 0.303 e. The quantitative estimate of drug-likeness (QED) is 0.356. The molecule has 1 amide bonds. The summed E-state index contributed by atoms with van der Waals surface area (Å²) in [6.45, 7) is 0.173. The van der Waals surface area contributed by atoms with Crippen LogP contribution in [0, 0.1) is 11.3 Å². The number of carbonyl (C=O) groups excluding carboxylic acids is 1. The number of nitrogens with one attached hydrogen (secondary N) is 2. The molecule has 0 aliphatic carbocycles. The highest BCUT2D eigenvalue weighted by molar-refractivity contribution is 5.97. The Morgan fingerprint density at radius 2 is 2.08 bits per heavy atom. The molecule has 128 valence electrons. The Labute approximate surface area is 139 Å². The van der Waals surface area contributed by atoms with Gasteiger partial charge in [0.05, 0.1) is 19.9 Å². The first kappa shape index (κ1) is 18.8. The number of amides is 1. The minimum absolute atomic E-state index is 0.0505. The second kappa shape index (κ2) is 9.74. The third kappa shape index (κ3) is 5.88. The van der Waals surface area contributed by atoms with Crippen molar-refractivity contribution < 1.29 is 24.2 Å². The molecule has 3 N–H and O–H groups in total. The number of hydrogen-bond donors (Lipinski definition) is 3. The van der Waals surface area contributed by atoms with Gasteiger partial charge in [0, 0.05) is 25.2 Å². The van der Waals surface area contributed by atoms with Crippen molar-refractivity contribution in [2.45, 2.75) is 12.8 Å². The van der Waals surface area contributed by atoms with Gasteiger partial charge in [-0.15, -0.1) is 0 Å². The molecule has 0 aromatic heterocycles. The van der Waals surface area contributed by atoms with E-state index in [0.29, 0.717) is 17.2 Å². The van der Waals surface area contributed by atoms with Gasteiger partial charge in [0.25, 0.3) is 5.91 Å². The molecule has 0 heterocycles. The number of carboxylic acid groups (broad SMARTS) is 1. The molecule has 1 aromatic rings. The van der Waals surface area contributed by atoms with E-state index in [4.69, 9.17) is 19.8 Å². The van der Waals surface area contributed by atoms with Crippen molar-refractivity contribution in [2.24, 2.45) is 0 Å². The summed E-state index contributed by atoms with van der Waals surface area (Å²) in [5.41, 5.74) is 0.387. The second-order valence-corrected chi connectivity index (χ2v) is 4.63. The van der Waals surface area contributed by atoms with Crippen LogP contribution in [0.4, 0.5) is 5.69 Å². The molecule has 0 saturated carbocycles. The van der Waals surface area contributed by atoms with Crippen molar-refractivity contribution >= 4 is 17.6 Å². The summed E-state index contributed by atoms with van der Waals surface area (Å²) >= 11 is 0. The zero-order chi connectivity index (χ0) is 17.9. The second-order valence-electron chi connectivity index (χ2n) is 4.63. The molecule has 0 bridgehead atoms. The van der Waals surface area contributed by atoms with Gasteiger partial charge in [-0.3, -0.25) is 9.59 Å². The predicted molar refractivity (Wildman–Crippen MR) is 86.7 cm³/mol. The van der Waals surface area contributed by atoms with E-state index in [0.717, 1.165) is 0 Å². The highest BCUT2D eigenvalue weighted by Gasteiger charge is 2.10. The monoisotopic (exact) mass is 333 g/mol. The fourth-order valence-corrected chi connectivity index (χ4v) is 1.76. The molecule has 0 aliphatic heterocycles. The molecule has 0 atom stereocenters. The van der Waals surface area contributed by atoms with Crippen molar-refractivity contribution in [3.8, 4) is 17.6 Å². The summed E-state index contributed by atoms with van der Waals surface area (Å²) in [7, 11) is 3.02. The third-order valence-corrected chi connectivity index (χ3v) is 3.00. The number of aliphatic carboxylic acids is 1. The minimum atomic E-state index is -0.938. The first-order chi connectivity index (χ1) is 11.5. The van der Waals surface area contributed by atoms with Crippen LogP contribution in [0.5, 0.6) is 11.5 Å². The zero-order valence-electron chi connectivity index (χ0n) is 13.5. The summed E-state index contributed by atoms with van der Waals surface area (Å²) in [6, 6.07) is 6.85. The van der Waals surface area contributed by atoms with Crippen molar-refractivity contribution in [2.75, 3.05) is 26.1 Å². The number of anilines is 1. The van der Waals surface area contributed by atoms with E-state index in [2.05, 4.69) is 10.6 Å². The van der Waals surface area contributed by atoms with Crippen LogP contribution in [0.25, 0.3) is 0 Å². The lowest BCUT2D eigenvalue weighted by atomic mass is 10.2. The Morgan fingerprint density at radius 3 is 2.67 bits per heavy atom. The molecule has 0 saturated heterocycles. The van der Waals surface area contributed by atoms with Crippen molar-refractivity contribution in [1.82, 2.24) is 5.32 Å². The molecule has 24 heavy (non-hydrogen) atoms. The summed E-state index contributed by atoms with van der Waals surface area (Å²) < 4.78 is 10.3. The van der Waals surface area contributed by atoms with Gasteiger partial charge >= 0.3 is 5.97 Å². The number of ether oxygens (including phenoxy) is 2. The zero-order valence-corrected chi connectivity index (χ0v) is 13.5. The van der Waals surface area contributed by atoms with E-state index >= 15 is 0 Å². The number of benzene rings is 1. The van der Waals surface area contributed by atoms with Crippen molar-refractivity contribution in [3.05, 3.63) is 30.0 Å². The summed E-state index contributed by atoms with van der Waals surface area (Å²) in [5.74, 6) is -0.418. The molecule has 0 radical (unpaired) electrons. The maximum atomic E-state index is 11.9. The van der Waals surface area contributed by atoms with Crippen LogP contribution >= 0.6 is 0 Å². The van der Waals surface area contributed by atoms with Crippen molar-refractivity contribution in [3.63, 3.8) is 0 Å². The predicted octanol–water partition coefficient (Wildman–Crippen LogP) is 1.50. The van der Waals surface area contributed by atoms with Gasteiger partial charge in [-0.25, -0.2) is 0 Å². The molecule has 0 unspecified atom stereocenters. The molecule has 8 nitrogen and oxygen atoms in total. The van der Waals surface area contributed by atoms with Crippen LogP contribution < -0.4 is 20.1 Å². The summed E-state index contributed by atoms with van der Waals surface area (Å²) in [6.07, 6.45) is 1.49. The van der Waals surface area contributed by atoms with Gasteiger partial charge in [0.1, 0.15) is 23.1 Å². The highest BCUT2D eigenvalue weighted by Crippen LogP contribution is 2.28. The van der Waals surface area contributed by atoms with Crippen LogP contribution in [0.15, 0.2) is 30.0 Å². The molecule has 0 fully saturated rings. The number of hydrogen-bond acceptors (Lipinski definition) is 6. The third-order valence-electron chi connectivity index (χ3n) is 3.00. The molecular formula is C16H19N3O5. The topological polar surface area (TPSA) is 121 Å². The Bertz CT molecular complexity index is 664. The van der Waals surface area contributed by atoms with Gasteiger partial charge in [0.2, 0.25) is 0 Å². The normalized spacial score (nSPS) is 10.5. The number of nitrogens with zero attached hydrogens (tertiary/aromatic N) is 1. The molecule has 1 aromatic carbocycles. The number of nitriles is 1. The van der Waals surface area contributed by atoms with E-state index in [9.17, 15) is 9.59 Å². The van der Waals surface area contributed by atoms with E-state index < -0.39 is 11.9 Å². The van der Waals surface area contributed by atoms with Gasteiger partial charge in [-0.1, -0.05) is 0 Å². The molecule has 1 rings (SSSR count).